The summed E-state index contributed by atoms with van der Waals surface area (Å²) in [5.74, 6) is 0. The van der Waals surface area contributed by atoms with Crippen molar-refractivity contribution < 1.29 is 4.39 Å². The molecule has 8 heteroatoms. The fraction of sp³-hybridized carbons (Fsp3) is 0.429. The first-order valence-electron chi connectivity index (χ1n) is 7.18. The third-order valence-corrected chi connectivity index (χ3v) is 5.30. The Kier molecular flexibility index (Phi) is 3.34. The van der Waals surface area contributed by atoms with E-state index in [1.165, 1.54) is 11.5 Å². The average Bonchev–Trinajstić information content (AvgIpc) is 3.16. The van der Waals surface area contributed by atoms with Gasteiger partial charge in [0.2, 0.25) is 0 Å². The maximum atomic E-state index is 13.6. The number of fused-ring (bicyclic) bond motifs is 1. The van der Waals surface area contributed by atoms with Crippen molar-refractivity contribution in [3.05, 3.63) is 23.0 Å². The molecule has 5 nitrogen and oxygen atoms in total. The lowest BCUT2D eigenvalue weighted by Crippen LogP contribution is -2.08. The van der Waals surface area contributed by atoms with E-state index in [-0.39, 0.29) is 11.2 Å². The second kappa shape index (κ2) is 5.24. The number of halogens is 2. The molecule has 0 saturated heterocycles. The summed E-state index contributed by atoms with van der Waals surface area (Å²) in [6.07, 6.45) is 5.34. The second-order valence-corrected chi connectivity index (χ2v) is 6.71. The van der Waals surface area contributed by atoms with Crippen molar-refractivity contribution >= 4 is 34.2 Å². The number of aromatic nitrogens is 5. The van der Waals surface area contributed by atoms with Crippen LogP contribution in [0.1, 0.15) is 37.3 Å². The number of aryl methyl sites for hydroxylation is 1. The lowest BCUT2D eigenvalue weighted by atomic mass is 10.2. The molecule has 0 N–H and O–H groups in total. The predicted octanol–water partition coefficient (Wildman–Crippen LogP) is 4.17. The van der Waals surface area contributed by atoms with Crippen molar-refractivity contribution in [3.8, 4) is 10.6 Å². The Labute approximate surface area is 135 Å². The largest absolute Gasteiger partial charge is 0.312 e. The molecule has 4 rings (SSSR count). The number of hydrogen-bond acceptors (Lipinski definition) is 5. The van der Waals surface area contributed by atoms with Gasteiger partial charge in [0, 0.05) is 6.20 Å². The standard InChI is InChI=1S/C14H13ClFN5S/c1-7-6-17-22-11(7)10-9-12(15)18-14(16)19-13(9)21(20-10)8-4-2-3-5-8/h6,8H,2-5H2,1H3. The summed E-state index contributed by atoms with van der Waals surface area (Å²) < 4.78 is 19.7. The van der Waals surface area contributed by atoms with Crippen LogP contribution in [0.4, 0.5) is 4.39 Å². The molecule has 0 bridgehead atoms. The Hall–Kier alpha value is -1.60. The van der Waals surface area contributed by atoms with Crippen molar-refractivity contribution in [2.45, 2.75) is 38.6 Å². The van der Waals surface area contributed by atoms with E-state index in [1.54, 1.807) is 6.20 Å². The number of rotatable bonds is 2. The fourth-order valence-corrected chi connectivity index (χ4v) is 4.04. The van der Waals surface area contributed by atoms with Gasteiger partial charge in [-0.1, -0.05) is 24.4 Å². The summed E-state index contributed by atoms with van der Waals surface area (Å²) in [5.41, 5.74) is 2.20. The van der Waals surface area contributed by atoms with Crippen LogP contribution >= 0.6 is 23.1 Å². The van der Waals surface area contributed by atoms with Crippen LogP contribution < -0.4 is 0 Å². The number of nitrogens with zero attached hydrogens (tertiary/aromatic N) is 5. The molecule has 0 aromatic carbocycles. The lowest BCUT2D eigenvalue weighted by Gasteiger charge is -2.10. The smallest absolute Gasteiger partial charge is 0.243 e. The van der Waals surface area contributed by atoms with E-state index in [4.69, 9.17) is 16.7 Å². The van der Waals surface area contributed by atoms with Gasteiger partial charge in [0.15, 0.2) is 5.65 Å². The molecule has 0 amide bonds. The molecule has 1 fully saturated rings. The van der Waals surface area contributed by atoms with Crippen molar-refractivity contribution in [1.29, 1.82) is 0 Å². The Morgan fingerprint density at radius 3 is 2.77 bits per heavy atom. The van der Waals surface area contributed by atoms with Gasteiger partial charge in [0.1, 0.15) is 10.8 Å². The highest BCUT2D eigenvalue weighted by Crippen LogP contribution is 2.39. The molecule has 3 aromatic rings. The molecule has 0 aliphatic heterocycles. The van der Waals surface area contributed by atoms with Gasteiger partial charge in [-0.3, -0.25) is 0 Å². The molecule has 0 spiro atoms. The van der Waals surface area contributed by atoms with Crippen molar-refractivity contribution in [2.75, 3.05) is 0 Å². The first kappa shape index (κ1) is 14.0. The highest BCUT2D eigenvalue weighted by molar-refractivity contribution is 7.09. The van der Waals surface area contributed by atoms with Gasteiger partial charge in [0.25, 0.3) is 0 Å². The third kappa shape index (κ3) is 2.11. The molecule has 0 atom stereocenters. The van der Waals surface area contributed by atoms with Gasteiger partial charge in [0.05, 0.1) is 16.3 Å². The highest BCUT2D eigenvalue weighted by atomic mass is 35.5. The zero-order valence-corrected chi connectivity index (χ0v) is 13.5. The molecule has 0 unspecified atom stereocenters. The van der Waals surface area contributed by atoms with Crippen molar-refractivity contribution in [2.24, 2.45) is 0 Å². The summed E-state index contributed by atoms with van der Waals surface area (Å²) in [5, 5.41) is 5.43. The van der Waals surface area contributed by atoms with Crippen LogP contribution in [0.5, 0.6) is 0 Å². The molecule has 114 valence electrons. The van der Waals surface area contributed by atoms with Crippen molar-refractivity contribution in [1.82, 2.24) is 24.1 Å². The molecule has 1 aliphatic carbocycles. The van der Waals surface area contributed by atoms with Crippen LogP contribution in [0.3, 0.4) is 0 Å². The van der Waals surface area contributed by atoms with Gasteiger partial charge in [-0.25, -0.2) is 9.06 Å². The monoisotopic (exact) mass is 337 g/mol. The van der Waals surface area contributed by atoms with Crippen LogP contribution in [0.2, 0.25) is 5.15 Å². The summed E-state index contributed by atoms with van der Waals surface area (Å²) in [6, 6.07) is 0.245. The minimum absolute atomic E-state index is 0.106. The molecule has 1 saturated carbocycles. The second-order valence-electron chi connectivity index (χ2n) is 5.55. The van der Waals surface area contributed by atoms with Gasteiger partial charge >= 0.3 is 6.08 Å². The van der Waals surface area contributed by atoms with E-state index in [2.05, 4.69) is 14.3 Å². The zero-order valence-electron chi connectivity index (χ0n) is 11.9. The zero-order chi connectivity index (χ0) is 15.3. The van der Waals surface area contributed by atoms with Crippen LogP contribution in [0.15, 0.2) is 6.20 Å². The van der Waals surface area contributed by atoms with E-state index in [0.29, 0.717) is 16.7 Å². The quantitative estimate of drug-likeness (QED) is 0.520. The van der Waals surface area contributed by atoms with Crippen LogP contribution in [-0.2, 0) is 0 Å². The van der Waals surface area contributed by atoms with Gasteiger partial charge in [-0.15, -0.1) is 0 Å². The normalized spacial score (nSPS) is 16.0. The molecule has 3 aromatic heterocycles. The van der Waals surface area contributed by atoms with E-state index in [9.17, 15) is 4.39 Å². The SMILES string of the molecule is Cc1cnsc1-c1nn(C2CCCC2)c2nc(F)nc(Cl)c12. The summed E-state index contributed by atoms with van der Waals surface area (Å²) >= 11 is 7.55. The van der Waals surface area contributed by atoms with Crippen LogP contribution in [-0.4, -0.2) is 24.1 Å². The molecular weight excluding hydrogens is 325 g/mol. The Morgan fingerprint density at radius 1 is 1.32 bits per heavy atom. The van der Waals surface area contributed by atoms with E-state index in [0.717, 1.165) is 36.1 Å². The summed E-state index contributed by atoms with van der Waals surface area (Å²) in [6.45, 7) is 1.97. The molecule has 22 heavy (non-hydrogen) atoms. The van der Waals surface area contributed by atoms with Gasteiger partial charge in [-0.05, 0) is 36.9 Å². The van der Waals surface area contributed by atoms with Crippen molar-refractivity contribution in [3.63, 3.8) is 0 Å². The first-order valence-corrected chi connectivity index (χ1v) is 8.33. The maximum absolute atomic E-state index is 13.6. The fourth-order valence-electron chi connectivity index (χ4n) is 3.05. The van der Waals surface area contributed by atoms with Gasteiger partial charge < -0.3 is 0 Å². The Bertz CT molecular complexity index is 852. The number of hydrogen-bond donors (Lipinski definition) is 0. The third-order valence-electron chi connectivity index (χ3n) is 4.11. The molecule has 0 radical (unpaired) electrons. The Balaban J connectivity index is 2.03. The summed E-state index contributed by atoms with van der Waals surface area (Å²) in [7, 11) is 0. The lowest BCUT2D eigenvalue weighted by molar-refractivity contribution is 0.473. The van der Waals surface area contributed by atoms with Crippen LogP contribution in [0.25, 0.3) is 21.6 Å². The molecule has 3 heterocycles. The molecule has 1 aliphatic rings. The molecular formula is C14H13ClFN5S. The maximum Gasteiger partial charge on any atom is 0.312 e. The topological polar surface area (TPSA) is 56.5 Å². The van der Waals surface area contributed by atoms with E-state index in [1.807, 2.05) is 11.6 Å². The van der Waals surface area contributed by atoms with E-state index >= 15 is 0 Å². The predicted molar refractivity (Wildman–Crippen MR) is 83.6 cm³/mol. The van der Waals surface area contributed by atoms with Gasteiger partial charge in [-0.2, -0.15) is 19.5 Å². The average molecular weight is 338 g/mol. The van der Waals surface area contributed by atoms with E-state index < -0.39 is 6.08 Å². The first-order chi connectivity index (χ1) is 10.6. The van der Waals surface area contributed by atoms with Crippen LogP contribution in [0, 0.1) is 13.0 Å². The highest BCUT2D eigenvalue weighted by Gasteiger charge is 2.26. The minimum atomic E-state index is -0.816. The Morgan fingerprint density at radius 2 is 2.09 bits per heavy atom. The minimum Gasteiger partial charge on any atom is -0.243 e. The summed E-state index contributed by atoms with van der Waals surface area (Å²) in [4.78, 5) is 8.55.